The molecule has 3 amide bonds. The van der Waals surface area contributed by atoms with Crippen molar-refractivity contribution in [3.05, 3.63) is 63.6 Å². The number of aryl methyl sites for hydroxylation is 1. The van der Waals surface area contributed by atoms with Crippen molar-refractivity contribution in [1.82, 2.24) is 10.2 Å². The molecule has 2 N–H and O–H groups in total. The summed E-state index contributed by atoms with van der Waals surface area (Å²) in [5.74, 6) is -0.491. The van der Waals surface area contributed by atoms with E-state index >= 15 is 0 Å². The van der Waals surface area contributed by atoms with Crippen LogP contribution in [0.5, 0.6) is 0 Å². The van der Waals surface area contributed by atoms with Gasteiger partial charge < -0.3 is 15.5 Å². The molecule has 0 aliphatic rings. The molecule has 1 atom stereocenters. The van der Waals surface area contributed by atoms with E-state index in [1.807, 2.05) is 25.3 Å². The molecule has 0 saturated heterocycles. The van der Waals surface area contributed by atoms with Crippen LogP contribution in [0, 0.1) is 6.92 Å². The summed E-state index contributed by atoms with van der Waals surface area (Å²) in [6.07, 6.45) is 2.33. The molecule has 0 spiro atoms. The van der Waals surface area contributed by atoms with Crippen molar-refractivity contribution in [2.45, 2.75) is 19.4 Å². The van der Waals surface area contributed by atoms with E-state index in [4.69, 9.17) is 23.2 Å². The third-order valence-electron chi connectivity index (χ3n) is 4.48. The number of amides is 3. The van der Waals surface area contributed by atoms with Crippen molar-refractivity contribution >= 4 is 58.4 Å². The van der Waals surface area contributed by atoms with Gasteiger partial charge in [-0.25, -0.2) is 0 Å². The van der Waals surface area contributed by atoms with E-state index < -0.39 is 11.9 Å². The third-order valence-corrected chi connectivity index (χ3v) is 5.67. The molecule has 0 heterocycles. The number of carbonyl (C=O) groups excluding carboxylic acids is 3. The molecule has 0 aliphatic heterocycles. The Morgan fingerprint density at radius 3 is 2.39 bits per heavy atom. The molecule has 2 aromatic carbocycles. The Balaban J connectivity index is 2.03. The SMILES string of the molecule is CSCCC(NC(=O)c1ccc(Cl)cc1Cl)C(=O)N(C)CC(=O)Nc1ccc(C)cc1. The van der Waals surface area contributed by atoms with Crippen LogP contribution in [0.3, 0.4) is 0 Å². The number of anilines is 1. The number of nitrogens with one attached hydrogen (secondary N) is 2. The van der Waals surface area contributed by atoms with E-state index in [0.29, 0.717) is 22.9 Å². The van der Waals surface area contributed by atoms with E-state index in [1.54, 1.807) is 30.0 Å². The molecule has 0 bridgehead atoms. The van der Waals surface area contributed by atoms with Crippen molar-refractivity contribution in [2.24, 2.45) is 0 Å². The number of rotatable bonds is 9. The average Bonchev–Trinajstić information content (AvgIpc) is 2.72. The summed E-state index contributed by atoms with van der Waals surface area (Å²) in [4.78, 5) is 39.3. The van der Waals surface area contributed by atoms with Crippen molar-refractivity contribution in [1.29, 1.82) is 0 Å². The van der Waals surface area contributed by atoms with Crippen LogP contribution in [0.15, 0.2) is 42.5 Å². The summed E-state index contributed by atoms with van der Waals surface area (Å²) in [7, 11) is 1.53. The second-order valence-electron chi connectivity index (χ2n) is 7.04. The van der Waals surface area contributed by atoms with Crippen molar-refractivity contribution < 1.29 is 14.4 Å². The monoisotopic (exact) mass is 481 g/mol. The lowest BCUT2D eigenvalue weighted by Gasteiger charge is -2.24. The van der Waals surface area contributed by atoms with Crippen molar-refractivity contribution in [2.75, 3.05) is 30.9 Å². The van der Waals surface area contributed by atoms with Crippen molar-refractivity contribution in [3.8, 4) is 0 Å². The first kappa shape index (κ1) is 25.0. The molecule has 166 valence electrons. The molecule has 6 nitrogen and oxygen atoms in total. The van der Waals surface area contributed by atoms with Gasteiger partial charge in [0.1, 0.15) is 6.04 Å². The molecule has 0 aromatic heterocycles. The number of halogens is 2. The van der Waals surface area contributed by atoms with E-state index in [0.717, 1.165) is 5.56 Å². The van der Waals surface area contributed by atoms with Crippen LogP contribution in [0.25, 0.3) is 0 Å². The summed E-state index contributed by atoms with van der Waals surface area (Å²) in [6.45, 7) is 1.82. The zero-order valence-electron chi connectivity index (χ0n) is 17.6. The minimum absolute atomic E-state index is 0.139. The van der Waals surface area contributed by atoms with Crippen LogP contribution >= 0.6 is 35.0 Å². The van der Waals surface area contributed by atoms with Gasteiger partial charge in [0.2, 0.25) is 11.8 Å². The lowest BCUT2D eigenvalue weighted by molar-refractivity contribution is -0.135. The first-order valence-corrected chi connectivity index (χ1v) is 11.7. The van der Waals surface area contributed by atoms with Gasteiger partial charge in [-0.15, -0.1) is 0 Å². The molecule has 1 unspecified atom stereocenters. The van der Waals surface area contributed by atoms with Gasteiger partial charge in [0.25, 0.3) is 5.91 Å². The molecule has 0 fully saturated rings. The van der Waals surface area contributed by atoms with Crippen LogP contribution in [-0.2, 0) is 9.59 Å². The predicted octanol–water partition coefficient (Wildman–Crippen LogP) is 4.25. The number of hydrogen-bond donors (Lipinski definition) is 2. The molecule has 0 aliphatic carbocycles. The van der Waals surface area contributed by atoms with Gasteiger partial charge in [-0.3, -0.25) is 14.4 Å². The van der Waals surface area contributed by atoms with Gasteiger partial charge in [0, 0.05) is 17.8 Å². The Kier molecular flexibility index (Phi) is 9.68. The highest BCUT2D eigenvalue weighted by atomic mass is 35.5. The minimum atomic E-state index is -0.788. The number of likely N-dealkylation sites (N-methyl/N-ethyl adjacent to an activating group) is 1. The summed E-state index contributed by atoms with van der Waals surface area (Å²) in [5.41, 5.74) is 1.97. The van der Waals surface area contributed by atoms with E-state index in [2.05, 4.69) is 10.6 Å². The maximum absolute atomic E-state index is 13.0. The van der Waals surface area contributed by atoms with Gasteiger partial charge >= 0.3 is 0 Å². The zero-order chi connectivity index (χ0) is 23.0. The first-order chi connectivity index (χ1) is 14.7. The van der Waals surface area contributed by atoms with Gasteiger partial charge in [-0.1, -0.05) is 40.9 Å². The second kappa shape index (κ2) is 12.0. The maximum Gasteiger partial charge on any atom is 0.253 e. The van der Waals surface area contributed by atoms with Gasteiger partial charge in [0.15, 0.2) is 0 Å². The summed E-state index contributed by atoms with van der Waals surface area (Å²) >= 11 is 13.6. The summed E-state index contributed by atoms with van der Waals surface area (Å²) in [5, 5.41) is 6.11. The van der Waals surface area contributed by atoms with Crippen LogP contribution < -0.4 is 10.6 Å². The molecule has 2 aromatic rings. The molecule has 2 rings (SSSR count). The fraction of sp³-hybridized carbons (Fsp3) is 0.318. The third kappa shape index (κ3) is 7.76. The Morgan fingerprint density at radius 2 is 1.77 bits per heavy atom. The quantitative estimate of drug-likeness (QED) is 0.560. The largest absolute Gasteiger partial charge is 0.340 e. The Bertz CT molecular complexity index is 938. The highest BCUT2D eigenvalue weighted by Crippen LogP contribution is 2.21. The van der Waals surface area contributed by atoms with Crippen molar-refractivity contribution in [3.63, 3.8) is 0 Å². The van der Waals surface area contributed by atoms with E-state index in [1.165, 1.54) is 24.1 Å². The Hall–Kier alpha value is -2.22. The normalized spacial score (nSPS) is 11.5. The lowest BCUT2D eigenvalue weighted by Crippen LogP contribution is -2.49. The molecule has 0 radical (unpaired) electrons. The maximum atomic E-state index is 13.0. The predicted molar refractivity (Wildman–Crippen MR) is 128 cm³/mol. The lowest BCUT2D eigenvalue weighted by atomic mass is 10.1. The average molecular weight is 482 g/mol. The highest BCUT2D eigenvalue weighted by molar-refractivity contribution is 7.98. The highest BCUT2D eigenvalue weighted by Gasteiger charge is 2.26. The first-order valence-electron chi connectivity index (χ1n) is 9.57. The zero-order valence-corrected chi connectivity index (χ0v) is 19.9. The minimum Gasteiger partial charge on any atom is -0.340 e. The topological polar surface area (TPSA) is 78.5 Å². The second-order valence-corrected chi connectivity index (χ2v) is 8.87. The standard InChI is InChI=1S/C22H25Cl2N3O3S/c1-14-4-7-16(8-5-14)25-20(28)13-27(2)22(30)19(10-11-31-3)26-21(29)17-9-6-15(23)12-18(17)24/h4-9,12,19H,10-11,13H2,1-3H3,(H,25,28)(H,26,29). The molecule has 0 saturated carbocycles. The molecule has 31 heavy (non-hydrogen) atoms. The van der Waals surface area contributed by atoms with Gasteiger partial charge in [-0.05, 0) is 55.7 Å². The van der Waals surface area contributed by atoms with Crippen LogP contribution in [0.4, 0.5) is 5.69 Å². The van der Waals surface area contributed by atoms with Crippen LogP contribution in [0.1, 0.15) is 22.3 Å². The van der Waals surface area contributed by atoms with E-state index in [9.17, 15) is 14.4 Å². The molecule has 9 heteroatoms. The number of carbonyl (C=O) groups is 3. The number of thioether (sulfide) groups is 1. The fourth-order valence-corrected chi connectivity index (χ4v) is 3.77. The summed E-state index contributed by atoms with van der Waals surface area (Å²) in [6, 6.07) is 11.1. The molecular weight excluding hydrogens is 457 g/mol. The fourth-order valence-electron chi connectivity index (χ4n) is 2.80. The number of hydrogen-bond acceptors (Lipinski definition) is 4. The smallest absolute Gasteiger partial charge is 0.253 e. The van der Waals surface area contributed by atoms with Crippen LogP contribution in [-0.4, -0.2) is 54.3 Å². The van der Waals surface area contributed by atoms with E-state index in [-0.39, 0.29) is 28.9 Å². The van der Waals surface area contributed by atoms with Crippen LogP contribution in [0.2, 0.25) is 10.0 Å². The number of nitrogens with zero attached hydrogens (tertiary/aromatic N) is 1. The molecular formula is C22H25Cl2N3O3S. The van der Waals surface area contributed by atoms with Gasteiger partial charge in [-0.2, -0.15) is 11.8 Å². The number of benzene rings is 2. The summed E-state index contributed by atoms with van der Waals surface area (Å²) < 4.78 is 0. The Morgan fingerprint density at radius 1 is 1.10 bits per heavy atom. The van der Waals surface area contributed by atoms with Gasteiger partial charge in [0.05, 0.1) is 17.1 Å². The Labute approximate surface area is 196 Å².